The molecule has 0 aliphatic rings. The van der Waals surface area contributed by atoms with E-state index in [4.69, 9.17) is 0 Å². The molecule has 0 amide bonds. The minimum atomic E-state index is -0.183. The van der Waals surface area contributed by atoms with Crippen LogP contribution < -0.4 is 0 Å². The molecular weight excluding hydrogens is 148 g/mol. The molecule has 0 rings (SSSR count). The quantitative estimate of drug-likeness (QED) is 0.630. The predicted octanol–water partition coefficient (Wildman–Crippen LogP) is 3.39. The van der Waals surface area contributed by atoms with Gasteiger partial charge in [-0.2, -0.15) is 0 Å². The molecule has 0 radical (unpaired) electrons. The normalized spacial score (nSPS) is 14.1. The van der Waals surface area contributed by atoms with Crippen LogP contribution in [0.3, 0.4) is 0 Å². The van der Waals surface area contributed by atoms with E-state index in [0.717, 1.165) is 19.3 Å². The van der Waals surface area contributed by atoms with Crippen LogP contribution in [0.1, 0.15) is 47.0 Å². The van der Waals surface area contributed by atoms with E-state index in [0.29, 0.717) is 5.92 Å². The Balaban J connectivity index is 0. The summed E-state index contributed by atoms with van der Waals surface area (Å²) in [4.78, 5) is 0. The molecule has 0 bridgehead atoms. The molecule has 74 valence electrons. The van der Waals surface area contributed by atoms with Crippen molar-refractivity contribution in [1.82, 2.24) is 0 Å². The van der Waals surface area contributed by atoms with Gasteiger partial charge < -0.3 is 5.11 Å². The van der Waals surface area contributed by atoms with Gasteiger partial charge in [-0.3, -0.25) is 0 Å². The summed E-state index contributed by atoms with van der Waals surface area (Å²) in [7, 11) is 0. The van der Waals surface area contributed by atoms with Crippen molar-refractivity contribution in [3.63, 3.8) is 0 Å². The number of hydrogen-bond donors (Lipinski definition) is 1. The van der Waals surface area contributed by atoms with E-state index >= 15 is 0 Å². The van der Waals surface area contributed by atoms with E-state index in [1.807, 2.05) is 13.8 Å². The molecule has 2 atom stereocenters. The molecule has 12 heavy (non-hydrogen) atoms. The van der Waals surface area contributed by atoms with E-state index in [9.17, 15) is 5.11 Å². The topological polar surface area (TPSA) is 20.2 Å². The number of aliphatic hydroxyl groups excluding tert-OH is 1. The fourth-order valence-corrected chi connectivity index (χ4v) is 1.05. The first-order chi connectivity index (χ1) is 5.72. The Morgan fingerprint density at radius 2 is 1.92 bits per heavy atom. The monoisotopic (exact) mass is 172 g/mol. The Kier molecular flexibility index (Phi) is 12.7. The van der Waals surface area contributed by atoms with Crippen LogP contribution in [0.2, 0.25) is 0 Å². The summed E-state index contributed by atoms with van der Waals surface area (Å²) in [6.45, 7) is 11.8. The maximum Gasteiger partial charge on any atom is 0.0600 e. The maximum absolute atomic E-state index is 9.38. The van der Waals surface area contributed by atoms with Crippen LogP contribution >= 0.6 is 0 Å². The van der Waals surface area contributed by atoms with Crippen LogP contribution in [0.4, 0.5) is 0 Å². The number of aliphatic hydroxyl groups is 1. The SMILES string of the molecule is C=CCC(O)C(C)CCC.CC. The predicted molar refractivity (Wildman–Crippen MR) is 56.2 cm³/mol. The molecule has 0 aromatic rings. The summed E-state index contributed by atoms with van der Waals surface area (Å²) < 4.78 is 0. The Morgan fingerprint density at radius 3 is 2.25 bits per heavy atom. The van der Waals surface area contributed by atoms with Crippen molar-refractivity contribution in [1.29, 1.82) is 0 Å². The molecule has 1 heteroatoms. The zero-order valence-electron chi connectivity index (χ0n) is 9.01. The van der Waals surface area contributed by atoms with Crippen molar-refractivity contribution >= 4 is 0 Å². The van der Waals surface area contributed by atoms with Gasteiger partial charge in [-0.05, 0) is 18.8 Å². The van der Waals surface area contributed by atoms with Crippen LogP contribution in [-0.2, 0) is 0 Å². The lowest BCUT2D eigenvalue weighted by Crippen LogP contribution is -2.15. The highest BCUT2D eigenvalue weighted by Gasteiger charge is 2.10. The average molecular weight is 172 g/mol. The lowest BCUT2D eigenvalue weighted by molar-refractivity contribution is 0.114. The molecule has 2 unspecified atom stereocenters. The molecule has 1 nitrogen and oxygen atoms in total. The molecule has 0 saturated heterocycles. The summed E-state index contributed by atoms with van der Waals surface area (Å²) in [6, 6.07) is 0. The van der Waals surface area contributed by atoms with Gasteiger partial charge in [0.25, 0.3) is 0 Å². The highest BCUT2D eigenvalue weighted by Crippen LogP contribution is 2.12. The van der Waals surface area contributed by atoms with Gasteiger partial charge in [0.15, 0.2) is 0 Å². The highest BCUT2D eigenvalue weighted by atomic mass is 16.3. The molecule has 0 aliphatic carbocycles. The third-order valence-corrected chi connectivity index (χ3v) is 1.81. The molecule has 0 aromatic heterocycles. The molecule has 0 saturated carbocycles. The zero-order chi connectivity index (χ0) is 9.98. The Bertz CT molecular complexity index is 89.0. The highest BCUT2D eigenvalue weighted by molar-refractivity contribution is 4.75. The largest absolute Gasteiger partial charge is 0.393 e. The maximum atomic E-state index is 9.38. The summed E-state index contributed by atoms with van der Waals surface area (Å²) in [5.41, 5.74) is 0. The molecule has 0 fully saturated rings. The summed E-state index contributed by atoms with van der Waals surface area (Å²) in [5, 5.41) is 9.38. The third-order valence-electron chi connectivity index (χ3n) is 1.81. The van der Waals surface area contributed by atoms with Crippen molar-refractivity contribution in [2.75, 3.05) is 0 Å². The molecule has 1 N–H and O–H groups in total. The second-order valence-corrected chi connectivity index (χ2v) is 2.86. The Hall–Kier alpha value is -0.300. The van der Waals surface area contributed by atoms with Crippen molar-refractivity contribution in [2.45, 2.75) is 53.1 Å². The van der Waals surface area contributed by atoms with Gasteiger partial charge in [0.05, 0.1) is 6.10 Å². The minimum absolute atomic E-state index is 0.183. The van der Waals surface area contributed by atoms with E-state index < -0.39 is 0 Å². The second kappa shape index (κ2) is 10.7. The van der Waals surface area contributed by atoms with Crippen LogP contribution in [-0.4, -0.2) is 11.2 Å². The van der Waals surface area contributed by atoms with Crippen molar-refractivity contribution in [3.05, 3.63) is 12.7 Å². The molecule has 0 aromatic carbocycles. The molecule has 0 spiro atoms. The van der Waals surface area contributed by atoms with E-state index in [1.165, 1.54) is 0 Å². The summed E-state index contributed by atoms with van der Waals surface area (Å²) >= 11 is 0. The van der Waals surface area contributed by atoms with E-state index in [2.05, 4.69) is 20.4 Å². The van der Waals surface area contributed by atoms with Gasteiger partial charge >= 0.3 is 0 Å². The summed E-state index contributed by atoms with van der Waals surface area (Å²) in [5.74, 6) is 0.419. The number of rotatable bonds is 5. The van der Waals surface area contributed by atoms with E-state index in [-0.39, 0.29) is 6.10 Å². The van der Waals surface area contributed by atoms with Crippen LogP contribution in [0.15, 0.2) is 12.7 Å². The number of hydrogen-bond acceptors (Lipinski definition) is 1. The average Bonchev–Trinajstić information content (AvgIpc) is 2.09. The standard InChI is InChI=1S/C9H18O.C2H6/c1-4-6-8(3)9(10)7-5-2;1-2/h5,8-10H,2,4,6-7H2,1,3H3;1-2H3. The van der Waals surface area contributed by atoms with Gasteiger partial charge in [0.2, 0.25) is 0 Å². The van der Waals surface area contributed by atoms with Gasteiger partial charge in [0.1, 0.15) is 0 Å². The summed E-state index contributed by atoms with van der Waals surface area (Å²) in [6.07, 6.45) is 4.57. The molecule has 0 aliphatic heterocycles. The smallest absolute Gasteiger partial charge is 0.0600 e. The first kappa shape index (κ1) is 14.2. The fourth-order valence-electron chi connectivity index (χ4n) is 1.05. The minimum Gasteiger partial charge on any atom is -0.393 e. The van der Waals surface area contributed by atoms with Crippen LogP contribution in [0, 0.1) is 5.92 Å². The van der Waals surface area contributed by atoms with E-state index in [1.54, 1.807) is 6.08 Å². The lowest BCUT2D eigenvalue weighted by Gasteiger charge is -2.15. The van der Waals surface area contributed by atoms with Crippen LogP contribution in [0.25, 0.3) is 0 Å². The lowest BCUT2D eigenvalue weighted by atomic mass is 9.97. The van der Waals surface area contributed by atoms with Gasteiger partial charge in [0, 0.05) is 0 Å². The van der Waals surface area contributed by atoms with Crippen molar-refractivity contribution in [2.24, 2.45) is 5.92 Å². The zero-order valence-corrected chi connectivity index (χ0v) is 9.01. The van der Waals surface area contributed by atoms with Crippen molar-refractivity contribution < 1.29 is 5.11 Å². The Morgan fingerprint density at radius 1 is 1.42 bits per heavy atom. The fraction of sp³-hybridized carbons (Fsp3) is 0.818. The first-order valence-electron chi connectivity index (χ1n) is 5.01. The van der Waals surface area contributed by atoms with Crippen LogP contribution in [0.5, 0.6) is 0 Å². The third kappa shape index (κ3) is 7.80. The first-order valence-corrected chi connectivity index (χ1v) is 5.01. The Labute approximate surface area is 77.5 Å². The van der Waals surface area contributed by atoms with Crippen molar-refractivity contribution in [3.8, 4) is 0 Å². The molecular formula is C11H24O. The van der Waals surface area contributed by atoms with Gasteiger partial charge in [-0.1, -0.05) is 40.2 Å². The van der Waals surface area contributed by atoms with Gasteiger partial charge in [-0.15, -0.1) is 6.58 Å². The van der Waals surface area contributed by atoms with Gasteiger partial charge in [-0.25, -0.2) is 0 Å². The molecule has 0 heterocycles. The second-order valence-electron chi connectivity index (χ2n) is 2.86.